The van der Waals surface area contributed by atoms with E-state index >= 15 is 0 Å². The predicted molar refractivity (Wildman–Crippen MR) is 94.1 cm³/mol. The average Bonchev–Trinajstić information content (AvgIpc) is 2.41. The molecule has 0 aliphatic heterocycles. The van der Waals surface area contributed by atoms with Crippen LogP contribution in [0.2, 0.25) is 18.1 Å². The molecule has 0 amide bonds. The Hall–Kier alpha value is -0.873. The van der Waals surface area contributed by atoms with Gasteiger partial charge in [-0.05, 0) is 67.4 Å². The molecule has 2 rings (SSSR count). The average molecular weight is 324 g/mol. The van der Waals surface area contributed by atoms with Gasteiger partial charge in [-0.15, -0.1) is 0 Å². The highest BCUT2D eigenvalue weighted by atomic mass is 28.4. The van der Waals surface area contributed by atoms with Gasteiger partial charge in [0, 0.05) is 6.10 Å². The second kappa shape index (κ2) is 6.32. The highest BCUT2D eigenvalue weighted by Crippen LogP contribution is 2.41. The third kappa shape index (κ3) is 3.90. The molecule has 0 atom stereocenters. The number of nitrogens with two attached hydrogens (primary N) is 1. The van der Waals surface area contributed by atoms with Gasteiger partial charge in [0.15, 0.2) is 8.32 Å². The molecule has 1 fully saturated rings. The summed E-state index contributed by atoms with van der Waals surface area (Å²) in [5.41, 5.74) is 6.88. The minimum Gasteiger partial charge on any atom is -0.414 e. The summed E-state index contributed by atoms with van der Waals surface area (Å²) in [7, 11) is -1.69. The van der Waals surface area contributed by atoms with Gasteiger partial charge >= 0.3 is 0 Å². The van der Waals surface area contributed by atoms with Crippen molar-refractivity contribution < 1.29 is 8.82 Å². The van der Waals surface area contributed by atoms with Crippen molar-refractivity contribution in [2.75, 3.05) is 5.73 Å². The molecule has 4 heteroatoms. The van der Waals surface area contributed by atoms with Crippen LogP contribution in [-0.4, -0.2) is 14.4 Å². The summed E-state index contributed by atoms with van der Waals surface area (Å²) < 4.78 is 20.1. The molecule has 1 aromatic rings. The van der Waals surface area contributed by atoms with Crippen LogP contribution < -0.4 is 5.73 Å². The zero-order valence-corrected chi connectivity index (χ0v) is 15.6. The Balaban J connectivity index is 1.94. The van der Waals surface area contributed by atoms with Crippen molar-refractivity contribution in [2.24, 2.45) is 0 Å². The Bertz CT molecular complexity index is 516. The van der Waals surface area contributed by atoms with Crippen molar-refractivity contribution in [3.05, 3.63) is 29.6 Å². The Morgan fingerprint density at radius 2 is 1.73 bits per heavy atom. The van der Waals surface area contributed by atoms with Gasteiger partial charge in [-0.1, -0.05) is 26.8 Å². The van der Waals surface area contributed by atoms with E-state index < -0.39 is 8.32 Å². The first kappa shape index (κ1) is 17.5. The highest BCUT2D eigenvalue weighted by molar-refractivity contribution is 6.74. The second-order valence-electron chi connectivity index (χ2n) is 8.13. The fraction of sp³-hybridized carbons (Fsp3) is 0.667. The minimum absolute atomic E-state index is 0.235. The maximum atomic E-state index is 13.6. The molecule has 2 N–H and O–H groups in total. The first-order valence-corrected chi connectivity index (χ1v) is 11.2. The lowest BCUT2D eigenvalue weighted by molar-refractivity contribution is 0.130. The Morgan fingerprint density at radius 1 is 1.14 bits per heavy atom. The molecule has 0 bridgehead atoms. The summed E-state index contributed by atoms with van der Waals surface area (Å²) >= 11 is 0. The van der Waals surface area contributed by atoms with E-state index in [9.17, 15) is 4.39 Å². The molecule has 22 heavy (non-hydrogen) atoms. The lowest BCUT2D eigenvalue weighted by Gasteiger charge is -2.41. The molecule has 2 nitrogen and oxygen atoms in total. The number of halogens is 1. The Labute approximate surface area is 135 Å². The van der Waals surface area contributed by atoms with Gasteiger partial charge in [0.05, 0.1) is 5.69 Å². The highest BCUT2D eigenvalue weighted by Gasteiger charge is 2.39. The monoisotopic (exact) mass is 323 g/mol. The standard InChI is InChI=1S/C18H30FNOSi/c1-18(2,3)22(4,5)21-15-9-6-13(7-10-15)14-8-11-17(20)16(19)12-14/h8,11-13,15H,6-7,9-10,20H2,1-5H3. The lowest BCUT2D eigenvalue weighted by Crippen LogP contribution is -2.44. The van der Waals surface area contributed by atoms with Crippen molar-refractivity contribution in [3.8, 4) is 0 Å². The number of hydrogen-bond acceptors (Lipinski definition) is 2. The van der Waals surface area contributed by atoms with E-state index in [0.29, 0.717) is 12.0 Å². The molecule has 0 aromatic heterocycles. The number of nitrogen functional groups attached to an aromatic ring is 1. The molecular formula is C18H30FNOSi. The van der Waals surface area contributed by atoms with Crippen LogP contribution in [0.25, 0.3) is 0 Å². The van der Waals surface area contributed by atoms with Gasteiger partial charge in [-0.3, -0.25) is 0 Å². The molecule has 0 saturated heterocycles. The summed E-state index contributed by atoms with van der Waals surface area (Å²) in [6.45, 7) is 11.5. The van der Waals surface area contributed by atoms with Gasteiger partial charge in [-0.2, -0.15) is 0 Å². The maximum Gasteiger partial charge on any atom is 0.192 e. The van der Waals surface area contributed by atoms with Crippen molar-refractivity contribution >= 4 is 14.0 Å². The van der Waals surface area contributed by atoms with Crippen LogP contribution in [0.1, 0.15) is 57.9 Å². The summed E-state index contributed by atoms with van der Waals surface area (Å²) in [6, 6.07) is 5.26. The SMILES string of the molecule is CC(C)(C)[Si](C)(C)OC1CCC(c2ccc(N)c(F)c2)CC1. The fourth-order valence-corrected chi connectivity index (χ4v) is 4.33. The van der Waals surface area contributed by atoms with Crippen molar-refractivity contribution in [1.29, 1.82) is 0 Å². The second-order valence-corrected chi connectivity index (χ2v) is 12.9. The van der Waals surface area contributed by atoms with E-state index in [1.807, 2.05) is 6.07 Å². The third-order valence-electron chi connectivity index (χ3n) is 5.44. The molecule has 0 unspecified atom stereocenters. The fourth-order valence-electron chi connectivity index (χ4n) is 2.90. The zero-order valence-electron chi connectivity index (χ0n) is 14.6. The van der Waals surface area contributed by atoms with Crippen molar-refractivity contribution in [3.63, 3.8) is 0 Å². The van der Waals surface area contributed by atoms with Crippen LogP contribution in [-0.2, 0) is 4.43 Å². The van der Waals surface area contributed by atoms with Gasteiger partial charge < -0.3 is 10.2 Å². The molecule has 1 saturated carbocycles. The van der Waals surface area contributed by atoms with E-state index in [1.54, 1.807) is 12.1 Å². The van der Waals surface area contributed by atoms with Crippen LogP contribution in [0.5, 0.6) is 0 Å². The number of rotatable bonds is 3. The molecular weight excluding hydrogens is 293 g/mol. The summed E-state index contributed by atoms with van der Waals surface area (Å²) in [4.78, 5) is 0. The molecule has 0 spiro atoms. The lowest BCUT2D eigenvalue weighted by atomic mass is 9.83. The quantitative estimate of drug-likeness (QED) is 0.592. The molecule has 124 valence electrons. The maximum absolute atomic E-state index is 13.6. The number of hydrogen-bond donors (Lipinski definition) is 1. The number of benzene rings is 1. The zero-order chi connectivity index (χ0) is 16.5. The topological polar surface area (TPSA) is 35.2 Å². The van der Waals surface area contributed by atoms with E-state index in [4.69, 9.17) is 10.2 Å². The van der Waals surface area contributed by atoms with Crippen LogP contribution in [0.3, 0.4) is 0 Å². The normalized spacial score (nSPS) is 23.5. The van der Waals surface area contributed by atoms with Crippen molar-refractivity contribution in [1.82, 2.24) is 0 Å². The Kier molecular flexibility index (Phi) is 5.02. The molecule has 0 heterocycles. The van der Waals surface area contributed by atoms with Gasteiger partial charge in [0.1, 0.15) is 5.82 Å². The van der Waals surface area contributed by atoms with Crippen LogP contribution >= 0.6 is 0 Å². The molecule has 1 aromatic carbocycles. The summed E-state index contributed by atoms with van der Waals surface area (Å²) in [5, 5.41) is 0.254. The van der Waals surface area contributed by atoms with Gasteiger partial charge in [0.2, 0.25) is 0 Å². The Morgan fingerprint density at radius 3 is 2.23 bits per heavy atom. The van der Waals surface area contributed by atoms with E-state index in [1.165, 1.54) is 0 Å². The predicted octanol–water partition coefficient (Wildman–Crippen LogP) is 5.46. The van der Waals surface area contributed by atoms with E-state index in [-0.39, 0.29) is 16.5 Å². The first-order chi connectivity index (χ1) is 10.1. The van der Waals surface area contributed by atoms with E-state index in [0.717, 1.165) is 31.2 Å². The van der Waals surface area contributed by atoms with E-state index in [2.05, 4.69) is 33.9 Å². The summed E-state index contributed by atoms with van der Waals surface area (Å²) in [6.07, 6.45) is 4.66. The van der Waals surface area contributed by atoms with Crippen LogP contribution in [0.15, 0.2) is 18.2 Å². The van der Waals surface area contributed by atoms with Gasteiger partial charge in [-0.25, -0.2) is 4.39 Å². The van der Waals surface area contributed by atoms with Crippen molar-refractivity contribution in [2.45, 2.75) is 76.6 Å². The van der Waals surface area contributed by atoms with Crippen LogP contribution in [0, 0.1) is 5.82 Å². The van der Waals surface area contributed by atoms with Gasteiger partial charge in [0.25, 0.3) is 0 Å². The minimum atomic E-state index is -1.69. The first-order valence-electron chi connectivity index (χ1n) is 8.33. The molecule has 1 aliphatic carbocycles. The largest absolute Gasteiger partial charge is 0.414 e. The third-order valence-corrected chi connectivity index (χ3v) is 9.97. The summed E-state index contributed by atoms with van der Waals surface area (Å²) in [5.74, 6) is 0.145. The number of anilines is 1. The molecule has 0 radical (unpaired) electrons. The van der Waals surface area contributed by atoms with Crippen LogP contribution in [0.4, 0.5) is 10.1 Å². The smallest absolute Gasteiger partial charge is 0.192 e. The molecule has 1 aliphatic rings.